The number of allylic oxidation sites excluding steroid dienone is 1. The summed E-state index contributed by atoms with van der Waals surface area (Å²) in [5.74, 6) is 0. The fourth-order valence-electron chi connectivity index (χ4n) is 1.55. The van der Waals surface area contributed by atoms with E-state index >= 15 is 0 Å². The second kappa shape index (κ2) is 2.70. The van der Waals surface area contributed by atoms with Gasteiger partial charge in [0.25, 0.3) is 0 Å². The van der Waals surface area contributed by atoms with Crippen LogP contribution in [0.25, 0.3) is 15.8 Å². The number of thiophene rings is 1. The quantitative estimate of drug-likeness (QED) is 0.679. The van der Waals surface area contributed by atoms with Crippen molar-refractivity contribution in [2.45, 2.75) is 13.8 Å². The molecule has 0 N–H and O–H groups in total. The summed E-state index contributed by atoms with van der Waals surface area (Å²) in [6.07, 6.45) is 0. The lowest BCUT2D eigenvalue weighted by molar-refractivity contribution is 0.767. The van der Waals surface area contributed by atoms with Crippen LogP contribution >= 0.6 is 11.3 Å². The van der Waals surface area contributed by atoms with Gasteiger partial charge in [-0.3, -0.25) is 4.68 Å². The van der Waals surface area contributed by atoms with E-state index in [0.29, 0.717) is 0 Å². The molecule has 2 aromatic heterocycles. The van der Waals surface area contributed by atoms with E-state index < -0.39 is 0 Å². The summed E-state index contributed by atoms with van der Waals surface area (Å²) in [5.41, 5.74) is 4.61. The molecule has 2 nitrogen and oxygen atoms in total. The Morgan fingerprint density at radius 2 is 2.31 bits per heavy atom. The van der Waals surface area contributed by atoms with Gasteiger partial charge in [-0.15, -0.1) is 11.3 Å². The summed E-state index contributed by atoms with van der Waals surface area (Å²) >= 11 is 1.75. The first-order chi connectivity index (χ1) is 6.11. The van der Waals surface area contributed by atoms with Crippen molar-refractivity contribution < 1.29 is 0 Å². The van der Waals surface area contributed by atoms with Crippen LogP contribution in [0.1, 0.15) is 18.2 Å². The minimum atomic E-state index is 1.08. The van der Waals surface area contributed by atoms with Crippen molar-refractivity contribution in [2.24, 2.45) is 7.05 Å². The number of rotatable bonds is 1. The van der Waals surface area contributed by atoms with Gasteiger partial charge in [0.05, 0.1) is 10.4 Å². The van der Waals surface area contributed by atoms with Crippen LogP contribution in [0.15, 0.2) is 12.0 Å². The van der Waals surface area contributed by atoms with Crippen molar-refractivity contribution in [2.75, 3.05) is 0 Å². The number of fused-ring (bicyclic) bond motifs is 1. The third kappa shape index (κ3) is 1.11. The largest absolute Gasteiger partial charge is 0.266 e. The summed E-state index contributed by atoms with van der Waals surface area (Å²) < 4.78 is 3.17. The topological polar surface area (TPSA) is 17.8 Å². The molecule has 0 spiro atoms. The predicted molar refractivity (Wildman–Crippen MR) is 58.0 cm³/mol. The van der Waals surface area contributed by atoms with Crippen molar-refractivity contribution in [1.82, 2.24) is 9.78 Å². The normalized spacial score (nSPS) is 11.0. The monoisotopic (exact) mass is 192 g/mol. The fraction of sp³-hybridized carbons (Fsp3) is 0.300. The highest BCUT2D eigenvalue weighted by molar-refractivity contribution is 7.17. The smallest absolute Gasteiger partial charge is 0.107 e. The molecule has 0 fully saturated rings. The van der Waals surface area contributed by atoms with Crippen LogP contribution in [-0.2, 0) is 7.05 Å². The zero-order valence-corrected chi connectivity index (χ0v) is 8.90. The first kappa shape index (κ1) is 8.51. The van der Waals surface area contributed by atoms with Gasteiger partial charge in [0.15, 0.2) is 0 Å². The zero-order chi connectivity index (χ0) is 9.59. The summed E-state index contributed by atoms with van der Waals surface area (Å²) in [6.45, 7) is 8.07. The third-order valence-corrected chi connectivity index (χ3v) is 3.23. The third-order valence-electron chi connectivity index (χ3n) is 2.14. The molecule has 0 saturated heterocycles. The minimum absolute atomic E-state index is 1.08. The Morgan fingerprint density at radius 3 is 2.92 bits per heavy atom. The second-order valence-electron chi connectivity index (χ2n) is 3.35. The highest BCUT2D eigenvalue weighted by atomic mass is 32.1. The first-order valence-corrected chi connectivity index (χ1v) is 5.06. The number of hydrogen-bond donors (Lipinski definition) is 0. The Bertz CT molecular complexity index is 476. The van der Waals surface area contributed by atoms with Gasteiger partial charge in [-0.2, -0.15) is 5.10 Å². The molecule has 2 heterocycles. The maximum Gasteiger partial charge on any atom is 0.107 e. The lowest BCUT2D eigenvalue weighted by Gasteiger charge is -1.98. The van der Waals surface area contributed by atoms with Gasteiger partial charge in [0, 0.05) is 7.05 Å². The maximum atomic E-state index is 4.46. The molecule has 0 aliphatic heterocycles. The van der Waals surface area contributed by atoms with E-state index in [-0.39, 0.29) is 0 Å². The van der Waals surface area contributed by atoms with Gasteiger partial charge in [-0.25, -0.2) is 0 Å². The molecule has 0 radical (unpaired) electrons. The fourth-order valence-corrected chi connectivity index (χ4v) is 2.68. The average Bonchev–Trinajstić information content (AvgIpc) is 2.51. The Kier molecular flexibility index (Phi) is 1.77. The van der Waals surface area contributed by atoms with Crippen molar-refractivity contribution in [3.05, 3.63) is 23.2 Å². The van der Waals surface area contributed by atoms with Crippen molar-refractivity contribution in [3.8, 4) is 0 Å². The summed E-state index contributed by atoms with van der Waals surface area (Å²) in [6, 6.07) is 0. The van der Waals surface area contributed by atoms with E-state index in [1.54, 1.807) is 11.3 Å². The molecule has 2 aromatic rings. The van der Waals surface area contributed by atoms with Crippen LogP contribution in [0.3, 0.4) is 0 Å². The van der Waals surface area contributed by atoms with E-state index in [1.807, 2.05) is 18.7 Å². The van der Waals surface area contributed by atoms with Crippen molar-refractivity contribution >= 4 is 27.1 Å². The molecule has 0 unspecified atom stereocenters. The molecule has 0 aromatic carbocycles. The SMILES string of the molecule is C=C(C)c1c2scc(C)c2nn1C. The van der Waals surface area contributed by atoms with Gasteiger partial charge >= 0.3 is 0 Å². The van der Waals surface area contributed by atoms with E-state index in [0.717, 1.165) is 16.8 Å². The highest BCUT2D eigenvalue weighted by Crippen LogP contribution is 2.30. The highest BCUT2D eigenvalue weighted by Gasteiger charge is 2.12. The van der Waals surface area contributed by atoms with Crippen LogP contribution in [0.5, 0.6) is 0 Å². The number of nitrogens with zero attached hydrogens (tertiary/aromatic N) is 2. The molecule has 0 saturated carbocycles. The Morgan fingerprint density at radius 1 is 1.62 bits per heavy atom. The van der Waals surface area contributed by atoms with E-state index in [4.69, 9.17) is 0 Å². The first-order valence-electron chi connectivity index (χ1n) is 4.18. The zero-order valence-electron chi connectivity index (χ0n) is 8.09. The molecule has 0 aliphatic carbocycles. The summed E-state index contributed by atoms with van der Waals surface area (Å²) in [5, 5.41) is 6.60. The van der Waals surface area contributed by atoms with Crippen molar-refractivity contribution in [1.29, 1.82) is 0 Å². The average molecular weight is 192 g/mol. The maximum absolute atomic E-state index is 4.46. The molecule has 0 aliphatic rings. The molecule has 2 rings (SSSR count). The van der Waals surface area contributed by atoms with E-state index in [2.05, 4.69) is 24.0 Å². The van der Waals surface area contributed by atoms with Crippen LogP contribution in [0, 0.1) is 6.92 Å². The number of aromatic nitrogens is 2. The number of aryl methyl sites for hydroxylation is 2. The Labute approximate surface area is 81.5 Å². The molecule has 0 amide bonds. The molecular formula is C10H12N2S. The van der Waals surface area contributed by atoms with Gasteiger partial charge in [0.2, 0.25) is 0 Å². The molecule has 68 valence electrons. The lowest BCUT2D eigenvalue weighted by Crippen LogP contribution is -1.95. The van der Waals surface area contributed by atoms with Crippen LogP contribution < -0.4 is 0 Å². The van der Waals surface area contributed by atoms with Gasteiger partial charge in [-0.05, 0) is 30.4 Å². The Balaban J connectivity index is 2.86. The lowest BCUT2D eigenvalue weighted by atomic mass is 10.2. The van der Waals surface area contributed by atoms with E-state index in [1.165, 1.54) is 10.3 Å². The van der Waals surface area contributed by atoms with Gasteiger partial charge in [-0.1, -0.05) is 6.58 Å². The molecule has 0 bridgehead atoms. The molecule has 13 heavy (non-hydrogen) atoms. The van der Waals surface area contributed by atoms with Gasteiger partial charge < -0.3 is 0 Å². The second-order valence-corrected chi connectivity index (χ2v) is 4.23. The summed E-state index contributed by atoms with van der Waals surface area (Å²) in [7, 11) is 1.97. The van der Waals surface area contributed by atoms with Crippen LogP contribution in [-0.4, -0.2) is 9.78 Å². The minimum Gasteiger partial charge on any atom is -0.266 e. The van der Waals surface area contributed by atoms with Crippen LogP contribution in [0.4, 0.5) is 0 Å². The van der Waals surface area contributed by atoms with Crippen LogP contribution in [0.2, 0.25) is 0 Å². The molecule has 3 heteroatoms. The predicted octanol–water partition coefficient (Wildman–Crippen LogP) is 2.98. The Hall–Kier alpha value is -1.09. The molecular weight excluding hydrogens is 180 g/mol. The standard InChI is InChI=1S/C10H12N2S/c1-6(2)9-10-8(11-12(9)4)7(3)5-13-10/h5H,1H2,2-4H3. The number of hydrogen-bond acceptors (Lipinski definition) is 2. The van der Waals surface area contributed by atoms with Crippen molar-refractivity contribution in [3.63, 3.8) is 0 Å². The van der Waals surface area contributed by atoms with E-state index in [9.17, 15) is 0 Å². The summed E-state index contributed by atoms with van der Waals surface area (Å²) in [4.78, 5) is 0. The van der Waals surface area contributed by atoms with Gasteiger partial charge in [0.1, 0.15) is 5.52 Å². The molecule has 0 atom stereocenters.